The molecule has 188 valence electrons. The number of benzene rings is 2. The van der Waals surface area contributed by atoms with Gasteiger partial charge in [-0.05, 0) is 48.1 Å². The Morgan fingerprint density at radius 3 is 2.47 bits per heavy atom. The van der Waals surface area contributed by atoms with E-state index in [9.17, 15) is 23.1 Å². The number of carboxylic acids is 1. The highest BCUT2D eigenvalue weighted by atomic mass is 32.2. The third kappa shape index (κ3) is 4.22. The second-order valence-electron chi connectivity index (χ2n) is 9.70. The maximum Gasteiger partial charge on any atom is 0.333 e. The largest absolute Gasteiger partial charge is 0.478 e. The minimum atomic E-state index is -3.95. The van der Waals surface area contributed by atoms with Crippen LogP contribution in [0.4, 0.5) is 0 Å². The quantitative estimate of drug-likeness (QED) is 0.533. The first kappa shape index (κ1) is 24.3. The van der Waals surface area contributed by atoms with E-state index in [1.165, 1.54) is 26.1 Å². The molecule has 8 nitrogen and oxygen atoms in total. The van der Waals surface area contributed by atoms with Crippen molar-refractivity contribution in [2.24, 2.45) is 0 Å². The molecule has 5 rings (SSSR count). The van der Waals surface area contributed by atoms with Crippen LogP contribution in [0.3, 0.4) is 0 Å². The summed E-state index contributed by atoms with van der Waals surface area (Å²) in [5, 5.41) is 10.9. The molecule has 1 fully saturated rings. The van der Waals surface area contributed by atoms with Gasteiger partial charge in [0.05, 0.1) is 17.8 Å². The first-order chi connectivity index (χ1) is 17.2. The second kappa shape index (κ2) is 9.22. The summed E-state index contributed by atoms with van der Waals surface area (Å²) in [4.78, 5) is 25.0. The lowest BCUT2D eigenvalue weighted by Gasteiger charge is -2.24. The topological polar surface area (TPSA) is 109 Å². The fourth-order valence-corrected chi connectivity index (χ4v) is 5.95. The van der Waals surface area contributed by atoms with Crippen molar-refractivity contribution in [3.05, 3.63) is 64.7 Å². The number of fused-ring (bicyclic) bond motifs is 5. The number of amides is 1. The van der Waals surface area contributed by atoms with E-state index in [2.05, 4.69) is 4.72 Å². The van der Waals surface area contributed by atoms with Gasteiger partial charge in [0.25, 0.3) is 5.91 Å². The summed E-state index contributed by atoms with van der Waals surface area (Å²) in [5.41, 5.74) is 5.16. The van der Waals surface area contributed by atoms with Crippen molar-refractivity contribution in [3.8, 4) is 11.3 Å². The number of aliphatic carboxylic acids is 1. The van der Waals surface area contributed by atoms with Crippen LogP contribution in [0.5, 0.6) is 0 Å². The number of carboxylic acid groups (broad SMARTS) is 1. The van der Waals surface area contributed by atoms with Crippen LogP contribution in [0.2, 0.25) is 0 Å². The average molecular weight is 508 g/mol. The van der Waals surface area contributed by atoms with Gasteiger partial charge in [-0.2, -0.15) is 12.7 Å². The van der Waals surface area contributed by atoms with Crippen molar-refractivity contribution in [1.82, 2.24) is 13.6 Å². The summed E-state index contributed by atoms with van der Waals surface area (Å²) in [7, 11) is -1.26. The highest BCUT2D eigenvalue weighted by Gasteiger charge is 2.30. The summed E-state index contributed by atoms with van der Waals surface area (Å²) in [5.74, 6) is -1.40. The van der Waals surface area contributed by atoms with E-state index in [4.69, 9.17) is 0 Å². The number of carbonyl (C=O) groups excluding carboxylic acids is 1. The lowest BCUT2D eigenvalue weighted by Crippen LogP contribution is -2.39. The van der Waals surface area contributed by atoms with Gasteiger partial charge < -0.3 is 9.67 Å². The molecule has 2 aromatic carbocycles. The maximum atomic E-state index is 12.9. The predicted molar refractivity (Wildman–Crippen MR) is 139 cm³/mol. The van der Waals surface area contributed by atoms with Crippen LogP contribution in [0, 0.1) is 0 Å². The Hall–Kier alpha value is -3.43. The molecule has 0 atom stereocenters. The molecule has 2 aliphatic rings. The van der Waals surface area contributed by atoms with Gasteiger partial charge in [0.15, 0.2) is 0 Å². The molecule has 0 radical (unpaired) electrons. The lowest BCUT2D eigenvalue weighted by atomic mass is 9.81. The second-order valence-corrected chi connectivity index (χ2v) is 11.6. The monoisotopic (exact) mass is 507 g/mol. The number of rotatable bonds is 5. The minimum absolute atomic E-state index is 0.142. The average Bonchev–Trinajstić information content (AvgIpc) is 3.06. The molecular weight excluding hydrogens is 478 g/mol. The highest BCUT2D eigenvalue weighted by molar-refractivity contribution is 7.87. The SMILES string of the molecule is CN(C)S(=O)(=O)NC(=O)c1ccc2c(C3CCCCC3)c3n(c2c1)CC(C(=O)O)=Cc1ccccc1-3. The van der Waals surface area contributed by atoms with Crippen molar-refractivity contribution in [2.75, 3.05) is 14.1 Å². The number of nitrogens with zero attached hydrogens (tertiary/aromatic N) is 2. The van der Waals surface area contributed by atoms with Gasteiger partial charge in [-0.3, -0.25) is 4.79 Å². The van der Waals surface area contributed by atoms with Crippen molar-refractivity contribution in [3.63, 3.8) is 0 Å². The van der Waals surface area contributed by atoms with Crippen LogP contribution < -0.4 is 4.72 Å². The Morgan fingerprint density at radius 1 is 1.06 bits per heavy atom. The first-order valence-electron chi connectivity index (χ1n) is 12.1. The first-order valence-corrected chi connectivity index (χ1v) is 13.6. The van der Waals surface area contributed by atoms with E-state index < -0.39 is 22.1 Å². The van der Waals surface area contributed by atoms with Crippen molar-refractivity contribution in [2.45, 2.75) is 44.6 Å². The van der Waals surface area contributed by atoms with Gasteiger partial charge in [-0.25, -0.2) is 9.52 Å². The molecule has 1 aliphatic heterocycles. The Bertz CT molecular complexity index is 1510. The number of hydrogen-bond donors (Lipinski definition) is 2. The molecule has 1 amide bonds. The summed E-state index contributed by atoms with van der Waals surface area (Å²) < 4.78 is 29.5. The molecular formula is C27H29N3O5S. The summed E-state index contributed by atoms with van der Waals surface area (Å²) >= 11 is 0. The van der Waals surface area contributed by atoms with E-state index in [-0.39, 0.29) is 17.7 Å². The molecule has 9 heteroatoms. The molecule has 1 saturated carbocycles. The van der Waals surface area contributed by atoms with Crippen molar-refractivity contribution >= 4 is 39.1 Å². The summed E-state index contributed by atoms with van der Waals surface area (Å²) in [6, 6.07) is 13.0. The van der Waals surface area contributed by atoms with E-state index in [1.54, 1.807) is 18.2 Å². The van der Waals surface area contributed by atoms with Crippen LogP contribution in [0.25, 0.3) is 28.2 Å². The van der Waals surface area contributed by atoms with Gasteiger partial charge in [0.1, 0.15) is 0 Å². The third-order valence-corrected chi connectivity index (χ3v) is 8.64. The molecule has 3 aromatic rings. The Labute approximate surface area is 210 Å². The standard InChI is InChI=1S/C27H29N3O5S/c1-29(2)36(34,35)28-26(31)19-12-13-22-23(15-19)30-16-20(27(32)33)14-18-10-6-7-11-21(18)25(30)24(22)17-8-4-3-5-9-17/h6-7,10-15,17H,3-5,8-9,16H2,1-2H3,(H,28,31)(H,32,33). The lowest BCUT2D eigenvalue weighted by molar-refractivity contribution is -0.132. The fourth-order valence-electron chi connectivity index (χ4n) is 5.42. The van der Waals surface area contributed by atoms with Crippen LogP contribution in [-0.2, 0) is 21.5 Å². The van der Waals surface area contributed by atoms with Gasteiger partial charge in [0, 0.05) is 36.1 Å². The van der Waals surface area contributed by atoms with Gasteiger partial charge in [0.2, 0.25) is 0 Å². The molecule has 0 unspecified atom stereocenters. The summed E-state index contributed by atoms with van der Waals surface area (Å²) in [6.07, 6.45) is 7.31. The molecule has 1 aliphatic carbocycles. The minimum Gasteiger partial charge on any atom is -0.478 e. The smallest absolute Gasteiger partial charge is 0.333 e. The van der Waals surface area contributed by atoms with Gasteiger partial charge >= 0.3 is 16.2 Å². The van der Waals surface area contributed by atoms with Crippen LogP contribution >= 0.6 is 0 Å². The molecule has 0 spiro atoms. The zero-order valence-electron chi connectivity index (χ0n) is 20.3. The van der Waals surface area contributed by atoms with E-state index in [0.717, 1.165) is 57.7 Å². The molecule has 1 aromatic heterocycles. The van der Waals surface area contributed by atoms with Gasteiger partial charge in [-0.15, -0.1) is 0 Å². The molecule has 36 heavy (non-hydrogen) atoms. The zero-order valence-corrected chi connectivity index (χ0v) is 21.1. The van der Waals surface area contributed by atoms with Crippen molar-refractivity contribution < 1.29 is 23.1 Å². The Balaban J connectivity index is 1.75. The fraction of sp³-hybridized carbons (Fsp3) is 0.333. The van der Waals surface area contributed by atoms with Gasteiger partial charge in [-0.1, -0.05) is 49.6 Å². The number of nitrogens with one attached hydrogen (secondary N) is 1. The molecule has 0 bridgehead atoms. The number of hydrogen-bond acceptors (Lipinski definition) is 4. The predicted octanol–water partition coefficient (Wildman–Crippen LogP) is 4.37. The number of aromatic nitrogens is 1. The Morgan fingerprint density at radius 2 is 1.78 bits per heavy atom. The van der Waals surface area contributed by atoms with E-state index >= 15 is 0 Å². The van der Waals surface area contributed by atoms with Crippen LogP contribution in [0.1, 0.15) is 59.5 Å². The zero-order chi connectivity index (χ0) is 25.6. The van der Waals surface area contributed by atoms with Crippen LogP contribution in [-0.4, -0.2) is 48.4 Å². The molecule has 2 heterocycles. The van der Waals surface area contributed by atoms with Crippen molar-refractivity contribution in [1.29, 1.82) is 0 Å². The molecule has 2 N–H and O–H groups in total. The van der Waals surface area contributed by atoms with E-state index in [1.807, 2.05) is 34.9 Å². The third-order valence-electron chi connectivity index (χ3n) is 7.23. The normalized spacial score (nSPS) is 16.2. The highest BCUT2D eigenvalue weighted by Crippen LogP contribution is 2.46. The van der Waals surface area contributed by atoms with E-state index in [0.29, 0.717) is 5.92 Å². The number of carbonyl (C=O) groups is 2. The maximum absolute atomic E-state index is 12.9. The van der Waals surface area contributed by atoms with Crippen LogP contribution in [0.15, 0.2) is 48.0 Å². The summed E-state index contributed by atoms with van der Waals surface area (Å²) in [6.45, 7) is 0.142. The molecule has 0 saturated heterocycles. The Kier molecular flexibility index (Phi) is 6.22.